The standard InChI is InChI=1S/C21H26N4O/c26-21(20-18-6-3-7-19(18)22-23-20)25-12-10-24(11-13-25)17-9-8-15-4-1-2-5-16(15)14-17/h1-2,4-5,17H,3,6-14H2,(H,22,23). The molecule has 1 saturated heterocycles. The van der Waals surface area contributed by atoms with Crippen LogP contribution in [0.5, 0.6) is 0 Å². The number of aryl methyl sites for hydroxylation is 2. The molecular weight excluding hydrogens is 324 g/mol. The Balaban J connectivity index is 1.22. The first-order valence-corrected chi connectivity index (χ1v) is 9.96. The highest BCUT2D eigenvalue weighted by Gasteiger charge is 2.31. The maximum Gasteiger partial charge on any atom is 0.274 e. The van der Waals surface area contributed by atoms with E-state index in [2.05, 4.69) is 39.4 Å². The first-order chi connectivity index (χ1) is 12.8. The molecule has 0 bridgehead atoms. The zero-order valence-corrected chi connectivity index (χ0v) is 15.2. The van der Waals surface area contributed by atoms with Crippen LogP contribution in [0.25, 0.3) is 0 Å². The normalized spacial score (nSPS) is 22.9. The van der Waals surface area contributed by atoms with Crippen molar-refractivity contribution in [1.82, 2.24) is 20.0 Å². The molecule has 1 aliphatic heterocycles. The molecule has 1 aromatic heterocycles. The lowest BCUT2D eigenvalue weighted by Crippen LogP contribution is -2.53. The van der Waals surface area contributed by atoms with Gasteiger partial charge in [0.25, 0.3) is 5.91 Å². The summed E-state index contributed by atoms with van der Waals surface area (Å²) in [6.45, 7) is 3.59. The third-order valence-corrected chi connectivity index (χ3v) is 6.45. The fraction of sp³-hybridized carbons (Fsp3) is 0.524. The van der Waals surface area contributed by atoms with E-state index in [0.717, 1.165) is 51.9 Å². The number of rotatable bonds is 2. The third kappa shape index (κ3) is 2.75. The van der Waals surface area contributed by atoms with Gasteiger partial charge in [-0.05, 0) is 49.7 Å². The van der Waals surface area contributed by atoms with E-state index in [-0.39, 0.29) is 5.91 Å². The molecule has 2 aliphatic carbocycles. The number of hydrogen-bond acceptors (Lipinski definition) is 3. The second-order valence-electron chi connectivity index (χ2n) is 7.88. The summed E-state index contributed by atoms with van der Waals surface area (Å²) >= 11 is 0. The zero-order chi connectivity index (χ0) is 17.5. The summed E-state index contributed by atoms with van der Waals surface area (Å²) in [5.74, 6) is 0.123. The number of aromatic nitrogens is 2. The number of H-pyrrole nitrogens is 1. The summed E-state index contributed by atoms with van der Waals surface area (Å²) in [5, 5.41) is 7.39. The SMILES string of the molecule is O=C(c1n[nH]c2c1CCC2)N1CCN(C2CCc3ccccc3C2)CC1. The highest BCUT2D eigenvalue weighted by Crippen LogP contribution is 2.27. The molecule has 0 saturated carbocycles. The van der Waals surface area contributed by atoms with Gasteiger partial charge in [-0.2, -0.15) is 5.10 Å². The van der Waals surface area contributed by atoms with E-state index in [0.29, 0.717) is 11.7 Å². The maximum absolute atomic E-state index is 12.9. The molecule has 5 rings (SSSR count). The molecule has 3 aliphatic rings. The minimum Gasteiger partial charge on any atom is -0.335 e. The van der Waals surface area contributed by atoms with Gasteiger partial charge in [0.15, 0.2) is 5.69 Å². The van der Waals surface area contributed by atoms with Crippen molar-refractivity contribution < 1.29 is 4.79 Å². The lowest BCUT2D eigenvalue weighted by Gasteiger charge is -2.41. The molecule has 1 amide bonds. The van der Waals surface area contributed by atoms with Crippen molar-refractivity contribution in [3.63, 3.8) is 0 Å². The molecule has 26 heavy (non-hydrogen) atoms. The van der Waals surface area contributed by atoms with Crippen LogP contribution < -0.4 is 0 Å². The number of aromatic amines is 1. The Bertz CT molecular complexity index is 819. The Morgan fingerprint density at radius 2 is 1.85 bits per heavy atom. The predicted octanol–water partition coefficient (Wildman–Crippen LogP) is 2.21. The number of fused-ring (bicyclic) bond motifs is 2. The highest BCUT2D eigenvalue weighted by atomic mass is 16.2. The summed E-state index contributed by atoms with van der Waals surface area (Å²) in [6, 6.07) is 9.47. The van der Waals surface area contributed by atoms with Crippen molar-refractivity contribution in [2.75, 3.05) is 26.2 Å². The van der Waals surface area contributed by atoms with Crippen molar-refractivity contribution in [2.24, 2.45) is 0 Å². The van der Waals surface area contributed by atoms with Crippen molar-refractivity contribution >= 4 is 5.91 Å². The molecule has 0 radical (unpaired) electrons. The zero-order valence-electron chi connectivity index (χ0n) is 15.2. The summed E-state index contributed by atoms with van der Waals surface area (Å²) in [6.07, 6.45) is 6.73. The lowest BCUT2D eigenvalue weighted by molar-refractivity contribution is 0.0547. The smallest absolute Gasteiger partial charge is 0.274 e. The van der Waals surface area contributed by atoms with E-state index in [1.165, 1.54) is 35.2 Å². The highest BCUT2D eigenvalue weighted by molar-refractivity contribution is 5.94. The first kappa shape index (κ1) is 16.1. The van der Waals surface area contributed by atoms with Crippen LogP contribution in [-0.2, 0) is 25.7 Å². The number of carbonyl (C=O) groups is 1. The van der Waals surface area contributed by atoms with Gasteiger partial charge in [0, 0.05) is 43.5 Å². The topological polar surface area (TPSA) is 52.2 Å². The van der Waals surface area contributed by atoms with Crippen molar-refractivity contribution in [1.29, 1.82) is 0 Å². The van der Waals surface area contributed by atoms with E-state index in [1.807, 2.05) is 4.90 Å². The molecule has 2 heterocycles. The molecule has 1 aromatic carbocycles. The van der Waals surface area contributed by atoms with Crippen LogP contribution >= 0.6 is 0 Å². The molecule has 1 N–H and O–H groups in total. The van der Waals surface area contributed by atoms with Crippen molar-refractivity contribution in [3.8, 4) is 0 Å². The van der Waals surface area contributed by atoms with Gasteiger partial charge < -0.3 is 4.90 Å². The van der Waals surface area contributed by atoms with E-state index < -0.39 is 0 Å². The Kier molecular flexibility index (Phi) is 4.04. The Morgan fingerprint density at radius 3 is 2.69 bits per heavy atom. The van der Waals surface area contributed by atoms with Crippen molar-refractivity contribution in [2.45, 2.75) is 44.6 Å². The molecule has 1 fully saturated rings. The molecule has 1 atom stereocenters. The average molecular weight is 350 g/mol. The molecule has 1 unspecified atom stereocenters. The van der Waals surface area contributed by atoms with Gasteiger partial charge in [-0.15, -0.1) is 0 Å². The fourth-order valence-electron chi connectivity index (χ4n) is 4.93. The first-order valence-electron chi connectivity index (χ1n) is 9.96. The quantitative estimate of drug-likeness (QED) is 0.903. The van der Waals surface area contributed by atoms with Crippen molar-refractivity contribution in [3.05, 3.63) is 52.3 Å². The van der Waals surface area contributed by atoms with E-state index in [4.69, 9.17) is 0 Å². The summed E-state index contributed by atoms with van der Waals surface area (Å²) in [5.41, 5.74) is 6.05. The predicted molar refractivity (Wildman–Crippen MR) is 100 cm³/mol. The van der Waals surface area contributed by atoms with Gasteiger partial charge in [0.05, 0.1) is 0 Å². The van der Waals surface area contributed by atoms with Gasteiger partial charge >= 0.3 is 0 Å². The Morgan fingerprint density at radius 1 is 1.04 bits per heavy atom. The largest absolute Gasteiger partial charge is 0.335 e. The third-order valence-electron chi connectivity index (χ3n) is 6.45. The van der Waals surface area contributed by atoms with Gasteiger partial charge in [0.1, 0.15) is 0 Å². The molecule has 2 aromatic rings. The Hall–Kier alpha value is -2.14. The molecule has 0 spiro atoms. The minimum atomic E-state index is 0.123. The second-order valence-corrected chi connectivity index (χ2v) is 7.88. The lowest BCUT2D eigenvalue weighted by atomic mass is 9.87. The van der Waals surface area contributed by atoms with E-state index >= 15 is 0 Å². The molecule has 5 heteroatoms. The Labute approximate surface area is 154 Å². The second kappa shape index (κ2) is 6.54. The minimum absolute atomic E-state index is 0.123. The van der Waals surface area contributed by atoms with Crippen LogP contribution in [0.3, 0.4) is 0 Å². The fourth-order valence-corrected chi connectivity index (χ4v) is 4.93. The number of nitrogens with one attached hydrogen (secondary N) is 1. The summed E-state index contributed by atoms with van der Waals surface area (Å²) in [7, 11) is 0. The molecule has 136 valence electrons. The monoisotopic (exact) mass is 350 g/mol. The maximum atomic E-state index is 12.9. The van der Waals surface area contributed by atoms with Crippen LogP contribution in [0.15, 0.2) is 24.3 Å². The number of hydrogen-bond donors (Lipinski definition) is 1. The number of amides is 1. The summed E-state index contributed by atoms with van der Waals surface area (Å²) < 4.78 is 0. The van der Waals surface area contributed by atoms with Crippen LogP contribution in [0.1, 0.15) is 45.7 Å². The average Bonchev–Trinajstić information content (AvgIpc) is 3.31. The van der Waals surface area contributed by atoms with E-state index in [1.54, 1.807) is 0 Å². The van der Waals surface area contributed by atoms with Crippen LogP contribution in [-0.4, -0.2) is 58.1 Å². The van der Waals surface area contributed by atoms with Gasteiger partial charge in [-0.3, -0.25) is 14.8 Å². The van der Waals surface area contributed by atoms with Gasteiger partial charge in [0.2, 0.25) is 0 Å². The summed E-state index contributed by atoms with van der Waals surface area (Å²) in [4.78, 5) is 17.5. The number of benzene rings is 1. The number of nitrogens with zero attached hydrogens (tertiary/aromatic N) is 3. The van der Waals surface area contributed by atoms with Crippen LogP contribution in [0, 0.1) is 0 Å². The van der Waals surface area contributed by atoms with E-state index in [9.17, 15) is 4.79 Å². The molecular formula is C21H26N4O. The van der Waals surface area contributed by atoms with Gasteiger partial charge in [-0.25, -0.2) is 0 Å². The number of carbonyl (C=O) groups excluding carboxylic acids is 1. The van der Waals surface area contributed by atoms with Crippen LogP contribution in [0.4, 0.5) is 0 Å². The van der Waals surface area contributed by atoms with Crippen LogP contribution in [0.2, 0.25) is 0 Å². The molecule has 5 nitrogen and oxygen atoms in total. The van der Waals surface area contributed by atoms with Gasteiger partial charge in [-0.1, -0.05) is 24.3 Å². The number of piperazine rings is 1.